The van der Waals surface area contributed by atoms with Crippen LogP contribution in [-0.4, -0.2) is 52.8 Å². The number of aromatic carboxylic acids is 1. The maximum atomic E-state index is 11.4. The molecule has 0 aliphatic heterocycles. The van der Waals surface area contributed by atoms with E-state index in [0.29, 0.717) is 17.3 Å². The van der Waals surface area contributed by atoms with Crippen LogP contribution < -0.4 is 0 Å². The molecule has 1 fully saturated rings. The molecule has 0 bridgehead atoms. The van der Waals surface area contributed by atoms with Crippen LogP contribution >= 0.6 is 11.3 Å². The topological polar surface area (TPSA) is 73.7 Å². The summed E-state index contributed by atoms with van der Waals surface area (Å²) in [5.41, 5.74) is 0.812. The Labute approximate surface area is 129 Å². The molecule has 5 nitrogen and oxygen atoms in total. The van der Waals surface area contributed by atoms with Crippen LogP contribution in [0.1, 0.15) is 58.4 Å². The molecule has 1 saturated carbocycles. The zero-order chi connectivity index (χ0) is 15.2. The fourth-order valence-corrected chi connectivity index (χ4v) is 3.84. The molecule has 0 saturated heterocycles. The lowest BCUT2D eigenvalue weighted by Gasteiger charge is -2.20. The highest BCUT2D eigenvalue weighted by molar-refractivity contribution is 7.13. The first-order valence-corrected chi connectivity index (χ1v) is 8.45. The summed E-state index contributed by atoms with van der Waals surface area (Å²) in [6.07, 6.45) is 6.48. The minimum Gasteiger partial charge on any atom is -0.477 e. The van der Waals surface area contributed by atoms with Gasteiger partial charge in [0.05, 0.1) is 17.3 Å². The zero-order valence-electron chi connectivity index (χ0n) is 12.5. The number of nitrogens with zero attached hydrogens (tertiary/aromatic N) is 2. The Hall–Kier alpha value is -0.980. The van der Waals surface area contributed by atoms with Gasteiger partial charge in [-0.1, -0.05) is 19.3 Å². The number of aliphatic hydroxyl groups is 1. The van der Waals surface area contributed by atoms with E-state index in [0.717, 1.165) is 36.5 Å². The lowest BCUT2D eigenvalue weighted by molar-refractivity contribution is 0.0700. The third-order valence-electron chi connectivity index (χ3n) is 4.07. The van der Waals surface area contributed by atoms with Crippen LogP contribution in [0.4, 0.5) is 0 Å². The summed E-state index contributed by atoms with van der Waals surface area (Å²) in [4.78, 5) is 18.5. The Bertz CT molecular complexity index is 469. The molecule has 0 atom stereocenters. The fraction of sp³-hybridized carbons (Fsp3) is 0.733. The number of likely N-dealkylation sites (N-methyl/N-ethyl adjacent to an activating group) is 1. The molecule has 0 amide bonds. The van der Waals surface area contributed by atoms with Gasteiger partial charge in [0.25, 0.3) is 0 Å². The van der Waals surface area contributed by atoms with Gasteiger partial charge in [0.15, 0.2) is 0 Å². The minimum atomic E-state index is -0.844. The van der Waals surface area contributed by atoms with Crippen LogP contribution in [0.3, 0.4) is 0 Å². The van der Waals surface area contributed by atoms with Crippen LogP contribution in [0.25, 0.3) is 0 Å². The predicted octanol–water partition coefficient (Wildman–Crippen LogP) is 2.36. The van der Waals surface area contributed by atoms with Crippen molar-refractivity contribution >= 4 is 17.3 Å². The second kappa shape index (κ2) is 7.87. The number of carboxylic acid groups (broad SMARTS) is 1. The molecule has 0 unspecified atom stereocenters. The molecule has 6 heteroatoms. The molecule has 1 aromatic heterocycles. The monoisotopic (exact) mass is 312 g/mol. The van der Waals surface area contributed by atoms with E-state index >= 15 is 0 Å². The first kappa shape index (κ1) is 16.4. The van der Waals surface area contributed by atoms with Gasteiger partial charge in [-0.25, -0.2) is 9.78 Å². The van der Waals surface area contributed by atoms with Crippen molar-refractivity contribution in [1.82, 2.24) is 9.88 Å². The normalized spacial score (nSPS) is 16.5. The van der Waals surface area contributed by atoms with Gasteiger partial charge in [0, 0.05) is 25.4 Å². The molecular formula is C15H24N2O3S. The SMILES string of the molecule is CN(CCO)CCc1nc(C2CCCCC2)c(C(=O)O)s1. The van der Waals surface area contributed by atoms with Crippen molar-refractivity contribution < 1.29 is 15.0 Å². The summed E-state index contributed by atoms with van der Waals surface area (Å²) in [5, 5.41) is 19.2. The third kappa shape index (κ3) is 4.49. The summed E-state index contributed by atoms with van der Waals surface area (Å²) in [5.74, 6) is -0.520. The van der Waals surface area contributed by atoms with Crippen molar-refractivity contribution in [1.29, 1.82) is 0 Å². The van der Waals surface area contributed by atoms with Crippen molar-refractivity contribution in [3.63, 3.8) is 0 Å². The number of carbonyl (C=O) groups is 1. The number of thiazole rings is 1. The van der Waals surface area contributed by atoms with Gasteiger partial charge in [0.2, 0.25) is 0 Å². The van der Waals surface area contributed by atoms with Gasteiger partial charge in [-0.2, -0.15) is 0 Å². The number of hydrogen-bond donors (Lipinski definition) is 2. The lowest BCUT2D eigenvalue weighted by Crippen LogP contribution is -2.24. The Morgan fingerprint density at radius 3 is 2.67 bits per heavy atom. The molecule has 2 rings (SSSR count). The second-order valence-electron chi connectivity index (χ2n) is 5.74. The van der Waals surface area contributed by atoms with Gasteiger partial charge < -0.3 is 15.1 Å². The Morgan fingerprint density at radius 1 is 1.33 bits per heavy atom. The molecule has 0 aromatic carbocycles. The Balaban J connectivity index is 2.07. The van der Waals surface area contributed by atoms with Crippen LogP contribution in [-0.2, 0) is 6.42 Å². The predicted molar refractivity (Wildman–Crippen MR) is 83.2 cm³/mol. The van der Waals surface area contributed by atoms with E-state index in [1.165, 1.54) is 30.6 Å². The van der Waals surface area contributed by atoms with Crippen molar-refractivity contribution in [2.75, 3.05) is 26.7 Å². The molecule has 1 aliphatic rings. The maximum absolute atomic E-state index is 11.4. The maximum Gasteiger partial charge on any atom is 0.347 e. The molecule has 118 valence electrons. The molecule has 21 heavy (non-hydrogen) atoms. The van der Waals surface area contributed by atoms with E-state index in [-0.39, 0.29) is 6.61 Å². The number of hydrogen-bond acceptors (Lipinski definition) is 5. The van der Waals surface area contributed by atoms with Crippen molar-refractivity contribution in [2.24, 2.45) is 0 Å². The molecular weight excluding hydrogens is 288 g/mol. The van der Waals surface area contributed by atoms with Crippen LogP contribution in [0.2, 0.25) is 0 Å². The van der Waals surface area contributed by atoms with Crippen LogP contribution in [0.15, 0.2) is 0 Å². The number of aliphatic hydroxyl groups excluding tert-OH is 1. The van der Waals surface area contributed by atoms with Crippen molar-refractivity contribution in [2.45, 2.75) is 44.4 Å². The van der Waals surface area contributed by atoms with Crippen LogP contribution in [0, 0.1) is 0 Å². The highest BCUT2D eigenvalue weighted by atomic mass is 32.1. The van der Waals surface area contributed by atoms with E-state index in [4.69, 9.17) is 5.11 Å². The first-order chi connectivity index (χ1) is 10.1. The highest BCUT2D eigenvalue weighted by Gasteiger charge is 2.25. The number of rotatable bonds is 7. The van der Waals surface area contributed by atoms with E-state index < -0.39 is 5.97 Å². The van der Waals surface area contributed by atoms with Gasteiger partial charge >= 0.3 is 5.97 Å². The lowest BCUT2D eigenvalue weighted by atomic mass is 9.86. The Kier molecular flexibility index (Phi) is 6.14. The first-order valence-electron chi connectivity index (χ1n) is 7.64. The minimum absolute atomic E-state index is 0.141. The van der Waals surface area contributed by atoms with Crippen LogP contribution in [0.5, 0.6) is 0 Å². The second-order valence-corrected chi connectivity index (χ2v) is 6.82. The summed E-state index contributed by atoms with van der Waals surface area (Å²) in [6, 6.07) is 0. The van der Waals surface area contributed by atoms with E-state index in [1.807, 2.05) is 11.9 Å². The summed E-state index contributed by atoms with van der Waals surface area (Å²) < 4.78 is 0. The molecule has 1 aliphatic carbocycles. The van der Waals surface area contributed by atoms with Gasteiger partial charge in [-0.15, -0.1) is 11.3 Å². The average Bonchev–Trinajstić information content (AvgIpc) is 2.91. The molecule has 0 radical (unpaired) electrons. The quantitative estimate of drug-likeness (QED) is 0.808. The Morgan fingerprint density at radius 2 is 2.05 bits per heavy atom. The highest BCUT2D eigenvalue weighted by Crippen LogP contribution is 2.36. The van der Waals surface area contributed by atoms with Gasteiger partial charge in [0.1, 0.15) is 4.88 Å². The van der Waals surface area contributed by atoms with E-state index in [9.17, 15) is 9.90 Å². The molecule has 2 N–H and O–H groups in total. The van der Waals surface area contributed by atoms with E-state index in [1.54, 1.807) is 0 Å². The zero-order valence-corrected chi connectivity index (χ0v) is 13.4. The third-order valence-corrected chi connectivity index (χ3v) is 5.19. The largest absolute Gasteiger partial charge is 0.477 e. The van der Waals surface area contributed by atoms with Gasteiger partial charge in [-0.3, -0.25) is 0 Å². The standard InChI is InChI=1S/C15H24N2O3S/c1-17(9-10-18)8-7-12-16-13(14(21-12)15(19)20)11-5-3-2-4-6-11/h11,18H,2-10H2,1H3,(H,19,20). The summed E-state index contributed by atoms with van der Waals surface area (Å²) in [7, 11) is 1.95. The smallest absolute Gasteiger partial charge is 0.347 e. The van der Waals surface area contributed by atoms with Crippen molar-refractivity contribution in [3.8, 4) is 0 Å². The number of aromatic nitrogens is 1. The van der Waals surface area contributed by atoms with E-state index in [2.05, 4.69) is 4.98 Å². The summed E-state index contributed by atoms with van der Waals surface area (Å²) >= 11 is 1.32. The fourth-order valence-electron chi connectivity index (χ4n) is 2.86. The van der Waals surface area contributed by atoms with Gasteiger partial charge in [-0.05, 0) is 19.9 Å². The molecule has 1 heterocycles. The number of carboxylic acids is 1. The summed E-state index contributed by atoms with van der Waals surface area (Å²) in [6.45, 7) is 1.56. The average molecular weight is 312 g/mol. The van der Waals surface area contributed by atoms with Crippen molar-refractivity contribution in [3.05, 3.63) is 15.6 Å². The molecule has 1 aromatic rings. The molecule has 0 spiro atoms.